The molecular formula is C22H32N4O3. The molecular weight excluding hydrogens is 368 g/mol. The Bertz CT molecular complexity index is 737. The van der Waals surface area contributed by atoms with Gasteiger partial charge in [-0.2, -0.15) is 0 Å². The van der Waals surface area contributed by atoms with Crippen molar-refractivity contribution < 1.29 is 14.4 Å². The molecule has 7 heteroatoms. The zero-order chi connectivity index (χ0) is 21.0. The van der Waals surface area contributed by atoms with E-state index < -0.39 is 6.04 Å². The van der Waals surface area contributed by atoms with E-state index in [9.17, 15) is 14.4 Å². The molecule has 0 saturated carbocycles. The van der Waals surface area contributed by atoms with Crippen LogP contribution in [0.2, 0.25) is 0 Å². The first kappa shape index (κ1) is 21.1. The number of piperazine rings is 1. The second-order valence-corrected chi connectivity index (χ2v) is 8.54. The van der Waals surface area contributed by atoms with Crippen molar-refractivity contribution in [3.05, 3.63) is 35.9 Å². The Labute approximate surface area is 172 Å². The smallest absolute Gasteiger partial charge is 0.318 e. The number of rotatable bonds is 6. The summed E-state index contributed by atoms with van der Waals surface area (Å²) >= 11 is 0. The molecule has 0 aliphatic carbocycles. The van der Waals surface area contributed by atoms with Crippen LogP contribution in [-0.2, 0) is 16.0 Å². The number of hydrogen-bond acceptors (Lipinski definition) is 3. The summed E-state index contributed by atoms with van der Waals surface area (Å²) in [6, 6.07) is 9.32. The van der Waals surface area contributed by atoms with Crippen LogP contribution in [0.3, 0.4) is 0 Å². The maximum absolute atomic E-state index is 13.2. The van der Waals surface area contributed by atoms with Crippen molar-refractivity contribution >= 4 is 17.8 Å². The van der Waals surface area contributed by atoms with E-state index in [4.69, 9.17) is 0 Å². The van der Waals surface area contributed by atoms with Crippen molar-refractivity contribution in [2.45, 2.75) is 58.2 Å². The molecule has 1 aromatic rings. The van der Waals surface area contributed by atoms with Crippen LogP contribution in [0.1, 0.15) is 39.2 Å². The van der Waals surface area contributed by atoms with E-state index in [-0.39, 0.29) is 29.9 Å². The Kier molecular flexibility index (Phi) is 6.77. The molecule has 3 atom stereocenters. The topological polar surface area (TPSA) is 81.8 Å². The highest BCUT2D eigenvalue weighted by atomic mass is 16.2. The van der Waals surface area contributed by atoms with Gasteiger partial charge in [-0.25, -0.2) is 4.79 Å². The SMILES string of the molecule is CC(=O)NC1CC2CN(C(=O)NCCc3ccccc3)C(CC(C)C)C(=O)N2C1. The minimum absolute atomic E-state index is 0.000936. The van der Waals surface area contributed by atoms with Gasteiger partial charge in [0.25, 0.3) is 0 Å². The summed E-state index contributed by atoms with van der Waals surface area (Å²) in [6.07, 6.45) is 2.08. The van der Waals surface area contributed by atoms with Crippen molar-refractivity contribution in [1.82, 2.24) is 20.4 Å². The molecule has 3 rings (SSSR count). The third-order valence-corrected chi connectivity index (χ3v) is 5.66. The standard InChI is InChI=1S/C22H32N4O3/c1-15(2)11-20-21(28)25-13-18(24-16(3)27)12-19(25)14-26(20)22(29)23-10-9-17-7-5-4-6-8-17/h4-8,15,18-20H,9-14H2,1-3H3,(H,23,29)(H,24,27). The molecule has 2 aliphatic heterocycles. The van der Waals surface area contributed by atoms with Gasteiger partial charge in [0.2, 0.25) is 11.8 Å². The molecule has 2 N–H and O–H groups in total. The Hall–Kier alpha value is -2.57. The highest BCUT2D eigenvalue weighted by molar-refractivity contribution is 5.89. The minimum Gasteiger partial charge on any atom is -0.352 e. The summed E-state index contributed by atoms with van der Waals surface area (Å²) in [7, 11) is 0. The number of carbonyl (C=O) groups is 3. The number of fused-ring (bicyclic) bond motifs is 1. The van der Waals surface area contributed by atoms with Gasteiger partial charge < -0.3 is 20.4 Å². The van der Waals surface area contributed by atoms with Crippen LogP contribution in [0.25, 0.3) is 0 Å². The van der Waals surface area contributed by atoms with Crippen molar-refractivity contribution in [1.29, 1.82) is 0 Å². The van der Waals surface area contributed by atoms with Gasteiger partial charge in [-0.3, -0.25) is 9.59 Å². The van der Waals surface area contributed by atoms with Gasteiger partial charge >= 0.3 is 6.03 Å². The molecule has 0 spiro atoms. The molecule has 0 aromatic heterocycles. The third-order valence-electron chi connectivity index (χ3n) is 5.66. The predicted molar refractivity (Wildman–Crippen MR) is 111 cm³/mol. The minimum atomic E-state index is -0.445. The third kappa shape index (κ3) is 5.28. The molecule has 3 unspecified atom stereocenters. The molecule has 0 bridgehead atoms. The zero-order valence-electron chi connectivity index (χ0n) is 17.6. The fraction of sp³-hybridized carbons (Fsp3) is 0.591. The molecule has 1 aromatic carbocycles. The first-order valence-corrected chi connectivity index (χ1v) is 10.5. The van der Waals surface area contributed by atoms with Crippen molar-refractivity contribution in [3.8, 4) is 0 Å². The lowest BCUT2D eigenvalue weighted by Crippen LogP contribution is -2.63. The fourth-order valence-corrected chi connectivity index (χ4v) is 4.39. The number of amides is 4. The van der Waals surface area contributed by atoms with Crippen LogP contribution < -0.4 is 10.6 Å². The largest absolute Gasteiger partial charge is 0.352 e. The van der Waals surface area contributed by atoms with Crippen molar-refractivity contribution in [3.63, 3.8) is 0 Å². The number of benzene rings is 1. The quantitative estimate of drug-likeness (QED) is 0.764. The highest BCUT2D eigenvalue weighted by Gasteiger charge is 2.47. The summed E-state index contributed by atoms with van der Waals surface area (Å²) in [5, 5.41) is 5.91. The van der Waals surface area contributed by atoms with E-state index in [0.717, 1.165) is 6.42 Å². The lowest BCUT2D eigenvalue weighted by molar-refractivity contribution is -0.142. The maximum atomic E-state index is 13.2. The fourth-order valence-electron chi connectivity index (χ4n) is 4.39. The molecule has 2 heterocycles. The predicted octanol–water partition coefficient (Wildman–Crippen LogP) is 1.77. The number of nitrogens with one attached hydrogen (secondary N) is 2. The monoisotopic (exact) mass is 400 g/mol. The summed E-state index contributed by atoms with van der Waals surface area (Å²) in [5.74, 6) is 0.214. The van der Waals surface area contributed by atoms with Crippen molar-refractivity contribution in [2.75, 3.05) is 19.6 Å². The number of carbonyl (C=O) groups excluding carboxylic acids is 3. The molecule has 7 nitrogen and oxygen atoms in total. The lowest BCUT2D eigenvalue weighted by Gasteiger charge is -2.43. The van der Waals surface area contributed by atoms with Gasteiger partial charge in [0.05, 0.1) is 6.04 Å². The number of urea groups is 1. The highest BCUT2D eigenvalue weighted by Crippen LogP contribution is 2.29. The van der Waals surface area contributed by atoms with E-state index in [0.29, 0.717) is 38.4 Å². The van der Waals surface area contributed by atoms with Crippen LogP contribution in [0.15, 0.2) is 30.3 Å². The lowest BCUT2D eigenvalue weighted by atomic mass is 9.97. The molecule has 2 aliphatic rings. The zero-order valence-corrected chi connectivity index (χ0v) is 17.6. The second-order valence-electron chi connectivity index (χ2n) is 8.54. The van der Waals surface area contributed by atoms with Gasteiger partial charge in [0, 0.05) is 32.6 Å². The first-order chi connectivity index (χ1) is 13.8. The Morgan fingerprint density at radius 1 is 1.17 bits per heavy atom. The van der Waals surface area contributed by atoms with E-state index in [1.165, 1.54) is 12.5 Å². The second kappa shape index (κ2) is 9.29. The van der Waals surface area contributed by atoms with Crippen LogP contribution >= 0.6 is 0 Å². The summed E-state index contributed by atoms with van der Waals surface area (Å²) in [4.78, 5) is 41.1. The number of hydrogen-bond donors (Lipinski definition) is 2. The normalized spacial score (nSPS) is 23.9. The molecule has 2 saturated heterocycles. The van der Waals surface area contributed by atoms with Crippen LogP contribution in [0, 0.1) is 5.92 Å². The Morgan fingerprint density at radius 2 is 1.90 bits per heavy atom. The van der Waals surface area contributed by atoms with Crippen LogP contribution in [0.5, 0.6) is 0 Å². The van der Waals surface area contributed by atoms with E-state index >= 15 is 0 Å². The molecule has 0 radical (unpaired) electrons. The van der Waals surface area contributed by atoms with Gasteiger partial charge in [0.1, 0.15) is 6.04 Å². The molecule has 29 heavy (non-hydrogen) atoms. The molecule has 2 fully saturated rings. The summed E-state index contributed by atoms with van der Waals surface area (Å²) in [5.41, 5.74) is 1.17. The average molecular weight is 401 g/mol. The van der Waals surface area contributed by atoms with E-state index in [1.807, 2.05) is 35.2 Å². The van der Waals surface area contributed by atoms with Gasteiger partial charge in [-0.1, -0.05) is 44.2 Å². The van der Waals surface area contributed by atoms with Gasteiger partial charge in [-0.05, 0) is 30.7 Å². The average Bonchev–Trinajstić information content (AvgIpc) is 3.06. The van der Waals surface area contributed by atoms with E-state index in [1.54, 1.807) is 4.90 Å². The molecule has 4 amide bonds. The Morgan fingerprint density at radius 3 is 2.55 bits per heavy atom. The van der Waals surface area contributed by atoms with Gasteiger partial charge in [-0.15, -0.1) is 0 Å². The summed E-state index contributed by atoms with van der Waals surface area (Å²) in [6.45, 7) is 7.19. The van der Waals surface area contributed by atoms with Crippen molar-refractivity contribution in [2.24, 2.45) is 5.92 Å². The summed E-state index contributed by atoms with van der Waals surface area (Å²) < 4.78 is 0. The maximum Gasteiger partial charge on any atom is 0.318 e. The van der Waals surface area contributed by atoms with Gasteiger partial charge in [0.15, 0.2) is 0 Å². The molecule has 158 valence electrons. The first-order valence-electron chi connectivity index (χ1n) is 10.5. The Balaban J connectivity index is 1.65. The van der Waals surface area contributed by atoms with Crippen LogP contribution in [-0.4, -0.2) is 65.4 Å². The number of nitrogens with zero attached hydrogens (tertiary/aromatic N) is 2. The van der Waals surface area contributed by atoms with E-state index in [2.05, 4.69) is 24.5 Å². The van der Waals surface area contributed by atoms with Crippen LogP contribution in [0.4, 0.5) is 4.79 Å².